The first-order chi connectivity index (χ1) is 11.1. The Morgan fingerprint density at radius 1 is 1.22 bits per heavy atom. The Hall–Kier alpha value is -2.62. The fourth-order valence-corrected chi connectivity index (χ4v) is 3.60. The van der Waals surface area contributed by atoms with Crippen LogP contribution in [0, 0.1) is 5.82 Å². The minimum Gasteiger partial charge on any atom is -0.356 e. The van der Waals surface area contributed by atoms with Gasteiger partial charge in [-0.1, -0.05) is 30.3 Å². The van der Waals surface area contributed by atoms with Crippen molar-refractivity contribution in [2.75, 3.05) is 6.54 Å². The lowest BCUT2D eigenvalue weighted by Crippen LogP contribution is -2.39. The maximum Gasteiger partial charge on any atom is 0.220 e. The predicted molar refractivity (Wildman–Crippen MR) is 87.6 cm³/mol. The summed E-state index contributed by atoms with van der Waals surface area (Å²) in [5.74, 6) is -0.280. The molecule has 2 aromatic carbocycles. The first-order valence-corrected chi connectivity index (χ1v) is 7.77. The summed E-state index contributed by atoms with van der Waals surface area (Å²) < 4.78 is 13.7. The second-order valence-corrected chi connectivity index (χ2v) is 5.98. The number of hydrogen-bond acceptors (Lipinski definition) is 1. The third kappa shape index (κ3) is 2.22. The number of rotatable bonds is 1. The predicted octanol–water partition coefficient (Wildman–Crippen LogP) is 3.80. The molecule has 4 heteroatoms. The van der Waals surface area contributed by atoms with Gasteiger partial charge >= 0.3 is 0 Å². The fraction of sp³-hybridized carbons (Fsp3) is 0.211. The molecule has 1 aromatic heterocycles. The van der Waals surface area contributed by atoms with Crippen LogP contribution in [-0.4, -0.2) is 22.3 Å². The summed E-state index contributed by atoms with van der Waals surface area (Å²) in [6.07, 6.45) is 0.810. The van der Waals surface area contributed by atoms with Crippen LogP contribution in [0.1, 0.15) is 29.8 Å². The van der Waals surface area contributed by atoms with Crippen molar-refractivity contribution in [3.8, 4) is 0 Å². The van der Waals surface area contributed by atoms with Gasteiger partial charge in [0.15, 0.2) is 0 Å². The molecular weight excluding hydrogens is 291 g/mol. The van der Waals surface area contributed by atoms with Gasteiger partial charge in [-0.25, -0.2) is 4.39 Å². The number of nitrogens with one attached hydrogen (secondary N) is 1. The van der Waals surface area contributed by atoms with Gasteiger partial charge in [0.25, 0.3) is 0 Å². The van der Waals surface area contributed by atoms with Crippen LogP contribution in [-0.2, 0) is 11.2 Å². The maximum absolute atomic E-state index is 13.7. The van der Waals surface area contributed by atoms with Crippen molar-refractivity contribution in [2.45, 2.75) is 19.4 Å². The molecule has 116 valence electrons. The molecule has 4 rings (SSSR count). The molecule has 1 aliphatic heterocycles. The second kappa shape index (κ2) is 5.23. The number of amides is 1. The van der Waals surface area contributed by atoms with E-state index >= 15 is 0 Å². The van der Waals surface area contributed by atoms with Gasteiger partial charge in [-0.15, -0.1) is 0 Å². The summed E-state index contributed by atoms with van der Waals surface area (Å²) >= 11 is 0. The van der Waals surface area contributed by atoms with Crippen molar-refractivity contribution in [2.24, 2.45) is 0 Å². The molecule has 23 heavy (non-hydrogen) atoms. The third-order valence-electron chi connectivity index (χ3n) is 4.60. The third-order valence-corrected chi connectivity index (χ3v) is 4.60. The van der Waals surface area contributed by atoms with E-state index in [0.29, 0.717) is 6.54 Å². The Morgan fingerprint density at radius 2 is 2.04 bits per heavy atom. The van der Waals surface area contributed by atoms with Crippen molar-refractivity contribution in [3.63, 3.8) is 0 Å². The van der Waals surface area contributed by atoms with Crippen LogP contribution in [0.2, 0.25) is 0 Å². The van der Waals surface area contributed by atoms with Gasteiger partial charge in [-0.2, -0.15) is 0 Å². The van der Waals surface area contributed by atoms with Gasteiger partial charge in [-0.05, 0) is 35.7 Å². The van der Waals surface area contributed by atoms with Gasteiger partial charge in [0.1, 0.15) is 5.82 Å². The Balaban J connectivity index is 1.95. The lowest BCUT2D eigenvalue weighted by Gasteiger charge is -2.35. The molecule has 0 fully saturated rings. The zero-order chi connectivity index (χ0) is 16.0. The van der Waals surface area contributed by atoms with E-state index in [-0.39, 0.29) is 17.8 Å². The number of fused-ring (bicyclic) bond motifs is 3. The van der Waals surface area contributed by atoms with E-state index in [9.17, 15) is 9.18 Å². The van der Waals surface area contributed by atoms with E-state index in [1.807, 2.05) is 29.2 Å². The van der Waals surface area contributed by atoms with Crippen molar-refractivity contribution in [3.05, 3.63) is 71.2 Å². The highest BCUT2D eigenvalue weighted by atomic mass is 19.1. The zero-order valence-corrected chi connectivity index (χ0v) is 12.8. The molecule has 0 radical (unpaired) electrons. The van der Waals surface area contributed by atoms with E-state index < -0.39 is 0 Å². The normalized spacial score (nSPS) is 17.3. The fourth-order valence-electron chi connectivity index (χ4n) is 3.60. The van der Waals surface area contributed by atoms with Gasteiger partial charge in [0.2, 0.25) is 5.91 Å². The highest BCUT2D eigenvalue weighted by Gasteiger charge is 2.33. The number of para-hydroxylation sites is 1. The van der Waals surface area contributed by atoms with Crippen LogP contribution >= 0.6 is 0 Å². The minimum atomic E-state index is -0.283. The summed E-state index contributed by atoms with van der Waals surface area (Å²) in [5, 5.41) is 1.19. The zero-order valence-electron chi connectivity index (χ0n) is 12.8. The number of carbonyl (C=O) groups excluding carboxylic acids is 1. The molecule has 2 heterocycles. The van der Waals surface area contributed by atoms with E-state index in [0.717, 1.165) is 23.2 Å². The largest absolute Gasteiger partial charge is 0.356 e. The molecule has 1 aliphatic rings. The monoisotopic (exact) mass is 308 g/mol. The topological polar surface area (TPSA) is 36.1 Å². The molecule has 0 unspecified atom stereocenters. The number of carbonyl (C=O) groups is 1. The van der Waals surface area contributed by atoms with Gasteiger partial charge in [0, 0.05) is 30.1 Å². The maximum atomic E-state index is 13.7. The average Bonchev–Trinajstić information content (AvgIpc) is 2.92. The van der Waals surface area contributed by atoms with Crippen LogP contribution in [0.15, 0.2) is 48.5 Å². The van der Waals surface area contributed by atoms with Crippen molar-refractivity contribution in [1.29, 1.82) is 0 Å². The molecule has 0 aliphatic carbocycles. The lowest BCUT2D eigenvalue weighted by molar-refractivity contribution is -0.130. The van der Waals surface area contributed by atoms with Crippen LogP contribution < -0.4 is 0 Å². The van der Waals surface area contributed by atoms with E-state index in [4.69, 9.17) is 0 Å². The van der Waals surface area contributed by atoms with Crippen LogP contribution in [0.4, 0.5) is 4.39 Å². The number of halogens is 1. The highest BCUT2D eigenvalue weighted by Crippen LogP contribution is 2.38. The first-order valence-electron chi connectivity index (χ1n) is 7.77. The van der Waals surface area contributed by atoms with Gasteiger partial charge < -0.3 is 9.88 Å². The SMILES string of the molecule is CC(=O)N1CCc2c([nH]c3ccccc23)[C@H]1c1cccc(F)c1. The van der Waals surface area contributed by atoms with Gasteiger partial charge in [-0.3, -0.25) is 4.79 Å². The van der Waals surface area contributed by atoms with Crippen molar-refractivity contribution < 1.29 is 9.18 Å². The van der Waals surface area contributed by atoms with Gasteiger partial charge in [0.05, 0.1) is 6.04 Å². The molecule has 0 saturated carbocycles. The van der Waals surface area contributed by atoms with Crippen molar-refractivity contribution >= 4 is 16.8 Å². The van der Waals surface area contributed by atoms with Crippen LogP contribution in [0.3, 0.4) is 0 Å². The van der Waals surface area contributed by atoms with Crippen LogP contribution in [0.25, 0.3) is 10.9 Å². The number of nitrogens with zero attached hydrogens (tertiary/aromatic N) is 1. The van der Waals surface area contributed by atoms with E-state index in [1.54, 1.807) is 13.0 Å². The van der Waals surface area contributed by atoms with Crippen LogP contribution in [0.5, 0.6) is 0 Å². The lowest BCUT2D eigenvalue weighted by atomic mass is 9.92. The standard InChI is InChI=1S/C19H17FN2O/c1-12(23)22-10-9-16-15-7-2-3-8-17(15)21-18(16)19(22)13-5-4-6-14(20)11-13/h2-8,11,19,21H,9-10H2,1H3/t19-/m1/s1. The molecular formula is C19H17FN2O. The number of aromatic amines is 1. The van der Waals surface area contributed by atoms with Crippen molar-refractivity contribution in [1.82, 2.24) is 9.88 Å². The average molecular weight is 308 g/mol. The first kappa shape index (κ1) is 14.0. The molecule has 0 spiro atoms. The Bertz CT molecular complexity index is 899. The second-order valence-electron chi connectivity index (χ2n) is 5.98. The molecule has 1 atom stereocenters. The van der Waals surface area contributed by atoms with E-state index in [2.05, 4.69) is 11.1 Å². The molecule has 0 saturated heterocycles. The number of H-pyrrole nitrogens is 1. The Kier molecular flexibility index (Phi) is 3.18. The van der Waals surface area contributed by atoms with E-state index in [1.165, 1.54) is 23.1 Å². The Morgan fingerprint density at radius 3 is 2.83 bits per heavy atom. The summed E-state index contributed by atoms with van der Waals surface area (Å²) in [6.45, 7) is 2.21. The summed E-state index contributed by atoms with van der Waals surface area (Å²) in [4.78, 5) is 17.4. The number of benzene rings is 2. The summed E-state index contributed by atoms with van der Waals surface area (Å²) in [5.41, 5.74) is 4.09. The molecule has 1 amide bonds. The highest BCUT2D eigenvalue weighted by molar-refractivity contribution is 5.86. The Labute approximate surface area is 133 Å². The number of hydrogen-bond donors (Lipinski definition) is 1. The number of aromatic nitrogens is 1. The summed E-state index contributed by atoms with van der Waals surface area (Å²) in [7, 11) is 0. The molecule has 3 nitrogen and oxygen atoms in total. The molecule has 0 bridgehead atoms. The minimum absolute atomic E-state index is 0.00330. The quantitative estimate of drug-likeness (QED) is 0.729. The summed E-state index contributed by atoms with van der Waals surface area (Å²) in [6, 6.07) is 14.4. The molecule has 3 aromatic rings. The molecule has 1 N–H and O–H groups in total. The smallest absolute Gasteiger partial charge is 0.220 e.